The third kappa shape index (κ3) is 7.45. The largest absolute Gasteiger partial charge is 0.293 e. The van der Waals surface area contributed by atoms with Crippen molar-refractivity contribution in [2.45, 2.75) is 70.9 Å². The second-order valence-corrected chi connectivity index (χ2v) is 5.63. The first-order valence-electron chi connectivity index (χ1n) is 8.38. The van der Waals surface area contributed by atoms with E-state index in [9.17, 15) is 0 Å². The standard InChI is InChI=1S/C19H31NO/c1-4-7-9-16-18(12-5-2)20-21-19(13-6-3)17-14-10-8-11-15-17/h4,8,10-11,14-15,18-20H,1,5-7,9,12-13,16H2,2-3H3/t18-,19+/m1/s1. The Morgan fingerprint density at radius 2 is 1.81 bits per heavy atom. The lowest BCUT2D eigenvalue weighted by atomic mass is 10.0. The predicted molar refractivity (Wildman–Crippen MR) is 91.1 cm³/mol. The van der Waals surface area contributed by atoms with Crippen LogP contribution in [0, 0.1) is 0 Å². The second kappa shape index (κ2) is 11.5. The van der Waals surface area contributed by atoms with Crippen LogP contribution in [0.2, 0.25) is 0 Å². The summed E-state index contributed by atoms with van der Waals surface area (Å²) in [5, 5.41) is 0. The summed E-state index contributed by atoms with van der Waals surface area (Å²) < 4.78 is 0. The van der Waals surface area contributed by atoms with Gasteiger partial charge in [0.25, 0.3) is 0 Å². The van der Waals surface area contributed by atoms with Crippen LogP contribution in [-0.4, -0.2) is 6.04 Å². The molecule has 0 unspecified atom stereocenters. The summed E-state index contributed by atoms with van der Waals surface area (Å²) in [5.74, 6) is 0. The van der Waals surface area contributed by atoms with Crippen LogP contribution >= 0.6 is 0 Å². The molecule has 0 fully saturated rings. The van der Waals surface area contributed by atoms with Crippen LogP contribution < -0.4 is 5.48 Å². The average Bonchev–Trinajstić information content (AvgIpc) is 2.52. The van der Waals surface area contributed by atoms with Crippen molar-refractivity contribution in [3.05, 3.63) is 48.6 Å². The summed E-state index contributed by atoms with van der Waals surface area (Å²) >= 11 is 0. The Balaban J connectivity index is 2.50. The van der Waals surface area contributed by atoms with Crippen LogP contribution in [0.4, 0.5) is 0 Å². The zero-order chi connectivity index (χ0) is 15.3. The first kappa shape index (κ1) is 17.9. The van der Waals surface area contributed by atoms with E-state index in [1.165, 1.54) is 18.4 Å². The molecule has 0 aromatic heterocycles. The maximum atomic E-state index is 6.04. The number of unbranched alkanes of at least 4 members (excludes halogenated alkanes) is 1. The minimum Gasteiger partial charge on any atom is -0.293 e. The van der Waals surface area contributed by atoms with Gasteiger partial charge in [-0.25, -0.2) is 0 Å². The summed E-state index contributed by atoms with van der Waals surface area (Å²) in [7, 11) is 0. The minimum absolute atomic E-state index is 0.148. The zero-order valence-electron chi connectivity index (χ0n) is 13.7. The first-order valence-corrected chi connectivity index (χ1v) is 8.38. The lowest BCUT2D eigenvalue weighted by Gasteiger charge is -2.23. The number of rotatable bonds is 12. The first-order chi connectivity index (χ1) is 10.3. The summed E-state index contributed by atoms with van der Waals surface area (Å²) in [6.45, 7) is 8.22. The molecule has 0 saturated heterocycles. The quantitative estimate of drug-likeness (QED) is 0.308. The van der Waals surface area contributed by atoms with Crippen LogP contribution in [0.3, 0.4) is 0 Å². The number of nitrogens with one attached hydrogen (secondary N) is 1. The maximum absolute atomic E-state index is 6.04. The van der Waals surface area contributed by atoms with Gasteiger partial charge in [0.15, 0.2) is 0 Å². The highest BCUT2D eigenvalue weighted by Gasteiger charge is 2.14. The van der Waals surface area contributed by atoms with E-state index in [4.69, 9.17) is 4.84 Å². The number of benzene rings is 1. The number of allylic oxidation sites excluding steroid dienone is 1. The van der Waals surface area contributed by atoms with Gasteiger partial charge in [-0.15, -0.1) is 6.58 Å². The van der Waals surface area contributed by atoms with Gasteiger partial charge in [0.2, 0.25) is 0 Å². The predicted octanol–water partition coefficient (Wildman–Crippen LogP) is 5.57. The van der Waals surface area contributed by atoms with E-state index in [1.807, 2.05) is 6.08 Å². The molecule has 1 rings (SSSR count). The van der Waals surface area contributed by atoms with Gasteiger partial charge in [-0.1, -0.05) is 63.1 Å². The maximum Gasteiger partial charge on any atom is 0.104 e. The molecule has 21 heavy (non-hydrogen) atoms. The molecule has 2 atom stereocenters. The van der Waals surface area contributed by atoms with Gasteiger partial charge >= 0.3 is 0 Å². The highest BCUT2D eigenvalue weighted by molar-refractivity contribution is 5.17. The van der Waals surface area contributed by atoms with E-state index in [2.05, 4.69) is 56.2 Å². The fourth-order valence-corrected chi connectivity index (χ4v) is 2.52. The van der Waals surface area contributed by atoms with Crippen LogP contribution in [0.25, 0.3) is 0 Å². The van der Waals surface area contributed by atoms with E-state index < -0.39 is 0 Å². The fourth-order valence-electron chi connectivity index (χ4n) is 2.52. The van der Waals surface area contributed by atoms with Crippen molar-refractivity contribution in [2.24, 2.45) is 0 Å². The van der Waals surface area contributed by atoms with E-state index in [-0.39, 0.29) is 6.10 Å². The van der Waals surface area contributed by atoms with Crippen LogP contribution in [0.1, 0.15) is 70.5 Å². The van der Waals surface area contributed by atoms with Crippen molar-refractivity contribution in [2.75, 3.05) is 0 Å². The molecule has 0 saturated carbocycles. The van der Waals surface area contributed by atoms with E-state index in [1.54, 1.807) is 0 Å². The number of hydroxylamine groups is 1. The summed E-state index contributed by atoms with van der Waals surface area (Å²) in [6.07, 6.45) is 10.0. The molecule has 0 radical (unpaired) electrons. The highest BCUT2D eigenvalue weighted by Crippen LogP contribution is 2.22. The van der Waals surface area contributed by atoms with Crippen LogP contribution in [-0.2, 0) is 4.84 Å². The van der Waals surface area contributed by atoms with Crippen molar-refractivity contribution in [3.63, 3.8) is 0 Å². The Labute approximate surface area is 130 Å². The summed E-state index contributed by atoms with van der Waals surface area (Å²) in [6, 6.07) is 10.9. The van der Waals surface area contributed by atoms with Gasteiger partial charge in [-0.05, 0) is 37.7 Å². The molecule has 0 aliphatic heterocycles. The van der Waals surface area contributed by atoms with Crippen molar-refractivity contribution in [1.29, 1.82) is 0 Å². The van der Waals surface area contributed by atoms with Gasteiger partial charge in [0, 0.05) is 6.04 Å². The van der Waals surface area contributed by atoms with Crippen molar-refractivity contribution in [3.8, 4) is 0 Å². The molecular weight excluding hydrogens is 258 g/mol. The van der Waals surface area contributed by atoms with Crippen LogP contribution in [0.5, 0.6) is 0 Å². The van der Waals surface area contributed by atoms with Crippen LogP contribution in [0.15, 0.2) is 43.0 Å². The highest BCUT2D eigenvalue weighted by atomic mass is 16.7. The molecule has 1 aromatic rings. The third-order valence-electron chi connectivity index (χ3n) is 3.70. The average molecular weight is 289 g/mol. The van der Waals surface area contributed by atoms with Gasteiger partial charge in [-0.3, -0.25) is 4.84 Å². The molecule has 2 heteroatoms. The molecular formula is C19H31NO. The topological polar surface area (TPSA) is 21.3 Å². The number of hydrogen-bond donors (Lipinski definition) is 1. The van der Waals surface area contributed by atoms with Gasteiger partial charge in [-0.2, -0.15) is 5.48 Å². The zero-order valence-corrected chi connectivity index (χ0v) is 13.7. The summed E-state index contributed by atoms with van der Waals surface area (Å²) in [5.41, 5.74) is 4.59. The third-order valence-corrected chi connectivity index (χ3v) is 3.70. The van der Waals surface area contributed by atoms with E-state index in [0.717, 1.165) is 32.1 Å². The molecule has 0 heterocycles. The molecule has 0 amide bonds. The van der Waals surface area contributed by atoms with Crippen molar-refractivity contribution in [1.82, 2.24) is 5.48 Å². The van der Waals surface area contributed by atoms with Gasteiger partial charge < -0.3 is 0 Å². The fraction of sp³-hybridized carbons (Fsp3) is 0.579. The Kier molecular flexibility index (Phi) is 9.84. The molecule has 0 aliphatic carbocycles. The van der Waals surface area contributed by atoms with Gasteiger partial charge in [0.1, 0.15) is 6.10 Å². The van der Waals surface area contributed by atoms with E-state index in [0.29, 0.717) is 6.04 Å². The molecule has 0 bridgehead atoms. The smallest absolute Gasteiger partial charge is 0.104 e. The number of hydrogen-bond acceptors (Lipinski definition) is 2. The minimum atomic E-state index is 0.148. The van der Waals surface area contributed by atoms with Crippen molar-refractivity contribution >= 4 is 0 Å². The molecule has 2 nitrogen and oxygen atoms in total. The lowest BCUT2D eigenvalue weighted by Crippen LogP contribution is -2.30. The molecule has 0 spiro atoms. The molecule has 1 aromatic carbocycles. The monoisotopic (exact) mass is 289 g/mol. The molecule has 0 aliphatic rings. The Morgan fingerprint density at radius 3 is 2.43 bits per heavy atom. The molecule has 1 N–H and O–H groups in total. The Hall–Kier alpha value is -1.12. The van der Waals surface area contributed by atoms with E-state index >= 15 is 0 Å². The normalized spacial score (nSPS) is 13.8. The summed E-state index contributed by atoms with van der Waals surface area (Å²) in [4.78, 5) is 6.04. The Bertz CT molecular complexity index is 363. The SMILES string of the molecule is C=CCCC[C@@H](CCC)NO[C@@H](CCC)c1ccccc1. The Morgan fingerprint density at radius 1 is 1.10 bits per heavy atom. The second-order valence-electron chi connectivity index (χ2n) is 5.63. The lowest BCUT2D eigenvalue weighted by molar-refractivity contribution is -0.0529. The molecule has 118 valence electrons. The van der Waals surface area contributed by atoms with Gasteiger partial charge in [0.05, 0.1) is 0 Å². The van der Waals surface area contributed by atoms with Crippen molar-refractivity contribution < 1.29 is 4.84 Å².